The van der Waals surface area contributed by atoms with Gasteiger partial charge in [-0.3, -0.25) is 9.79 Å². The van der Waals surface area contributed by atoms with E-state index >= 15 is 0 Å². The molecule has 0 bridgehead atoms. The average molecular weight is 368 g/mol. The maximum Gasteiger partial charge on any atom is 0.417 e. The van der Waals surface area contributed by atoms with Crippen molar-refractivity contribution in [3.05, 3.63) is 71.5 Å². The van der Waals surface area contributed by atoms with Crippen LogP contribution in [0.3, 0.4) is 0 Å². The molecule has 6 heteroatoms. The fraction of sp³-hybridized carbons (Fsp3) is 0.286. The summed E-state index contributed by atoms with van der Waals surface area (Å²) in [7, 11) is 1.67. The Morgan fingerprint density at radius 2 is 1.85 bits per heavy atom. The van der Waals surface area contributed by atoms with Crippen LogP contribution in [-0.4, -0.2) is 36.3 Å². The smallest absolute Gasteiger partial charge is 0.417 e. The molecule has 0 N–H and O–H groups in total. The van der Waals surface area contributed by atoms with Gasteiger partial charge in [0, 0.05) is 19.2 Å². The summed E-state index contributed by atoms with van der Waals surface area (Å²) >= 11 is 0. The number of cyclic esters (lactones) is 1. The molecule has 1 saturated heterocycles. The Kier molecular flexibility index (Phi) is 5.96. The lowest BCUT2D eigenvalue weighted by molar-refractivity contribution is -0.129. The number of hydrogen-bond acceptors (Lipinski definition) is 4. The molecule has 2 aromatic rings. The predicted molar refractivity (Wildman–Crippen MR) is 100 cm³/mol. The number of carbonyl (C=O) groups excluding carboxylic acids is 2. The fourth-order valence-corrected chi connectivity index (χ4v) is 3.17. The summed E-state index contributed by atoms with van der Waals surface area (Å²) in [6, 6.07) is 15.1. The zero-order valence-electron chi connectivity index (χ0n) is 15.1. The molecule has 0 unspecified atom stereocenters. The van der Waals surface area contributed by atoms with E-state index in [1.54, 1.807) is 19.2 Å². The Labute approximate surface area is 157 Å². The minimum Gasteiger partial charge on any atom is -0.446 e. The lowest BCUT2D eigenvalue weighted by Crippen LogP contribution is -2.34. The van der Waals surface area contributed by atoms with E-state index in [1.165, 1.54) is 17.0 Å². The van der Waals surface area contributed by atoms with E-state index < -0.39 is 6.09 Å². The normalized spacial score (nSPS) is 17.1. The SMILES string of the molecule is C/N=C(/CCCC(=O)N1C(=O)OC[C@@H]1c1ccccc1)c1ccc(F)cc1. The second-order valence-electron chi connectivity index (χ2n) is 6.30. The second-order valence-corrected chi connectivity index (χ2v) is 6.30. The summed E-state index contributed by atoms with van der Waals surface area (Å²) in [5, 5.41) is 0. The molecule has 2 amide bonds. The van der Waals surface area contributed by atoms with Gasteiger partial charge in [-0.15, -0.1) is 0 Å². The first-order valence-corrected chi connectivity index (χ1v) is 8.85. The summed E-state index contributed by atoms with van der Waals surface area (Å²) in [6.07, 6.45) is 0.705. The van der Waals surface area contributed by atoms with Crippen molar-refractivity contribution in [3.63, 3.8) is 0 Å². The molecular weight excluding hydrogens is 347 g/mol. The number of rotatable bonds is 6. The summed E-state index contributed by atoms with van der Waals surface area (Å²) in [6.45, 7) is 0.172. The Hall–Kier alpha value is -3.02. The van der Waals surface area contributed by atoms with Crippen molar-refractivity contribution in [2.24, 2.45) is 4.99 Å². The van der Waals surface area contributed by atoms with Crippen LogP contribution in [0.2, 0.25) is 0 Å². The van der Waals surface area contributed by atoms with Gasteiger partial charge in [-0.05, 0) is 36.1 Å². The summed E-state index contributed by atoms with van der Waals surface area (Å²) in [5.41, 5.74) is 2.50. The highest BCUT2D eigenvalue weighted by Gasteiger charge is 2.38. The van der Waals surface area contributed by atoms with E-state index in [0.29, 0.717) is 12.8 Å². The number of amides is 2. The zero-order chi connectivity index (χ0) is 19.2. The van der Waals surface area contributed by atoms with Gasteiger partial charge in [-0.25, -0.2) is 14.1 Å². The number of imide groups is 1. The van der Waals surface area contributed by atoms with E-state index in [1.807, 2.05) is 30.3 Å². The number of carbonyl (C=O) groups is 2. The first-order valence-electron chi connectivity index (χ1n) is 8.85. The first kappa shape index (κ1) is 18.8. The number of nitrogens with zero attached hydrogens (tertiary/aromatic N) is 2. The Bertz CT molecular complexity index is 834. The van der Waals surface area contributed by atoms with Crippen LogP contribution < -0.4 is 0 Å². The lowest BCUT2D eigenvalue weighted by Gasteiger charge is -2.20. The molecule has 0 aliphatic carbocycles. The molecule has 0 saturated carbocycles. The van der Waals surface area contributed by atoms with Gasteiger partial charge in [0.25, 0.3) is 0 Å². The minimum absolute atomic E-state index is 0.172. The van der Waals surface area contributed by atoms with Crippen LogP contribution in [0.5, 0.6) is 0 Å². The van der Waals surface area contributed by atoms with Gasteiger partial charge in [-0.2, -0.15) is 0 Å². The van der Waals surface area contributed by atoms with Crippen LogP contribution in [0.1, 0.15) is 36.4 Å². The standard InChI is InChI=1S/C21H21FN2O3/c1-23-18(15-10-12-17(22)13-11-15)8-5-9-20(25)24-19(14-27-21(24)26)16-6-3-2-4-7-16/h2-4,6-7,10-13,19H,5,8-9,14H2,1H3/b23-18-/t19-/m1/s1. The van der Waals surface area contributed by atoms with Crippen molar-refractivity contribution in [3.8, 4) is 0 Å². The quantitative estimate of drug-likeness (QED) is 0.720. The molecule has 2 aromatic carbocycles. The molecule has 3 rings (SSSR count). The number of benzene rings is 2. The van der Waals surface area contributed by atoms with Crippen molar-refractivity contribution in [2.45, 2.75) is 25.3 Å². The molecule has 5 nitrogen and oxygen atoms in total. The topological polar surface area (TPSA) is 59.0 Å². The summed E-state index contributed by atoms with van der Waals surface area (Å²) in [5.74, 6) is -0.565. The van der Waals surface area contributed by atoms with Crippen molar-refractivity contribution < 1.29 is 18.7 Å². The third kappa shape index (κ3) is 4.39. The molecule has 1 aliphatic heterocycles. The highest BCUT2D eigenvalue weighted by molar-refractivity contribution is 6.01. The van der Waals surface area contributed by atoms with E-state index in [4.69, 9.17) is 4.74 Å². The maximum atomic E-state index is 13.1. The number of ether oxygens (including phenoxy) is 1. The second kappa shape index (κ2) is 8.58. The molecule has 27 heavy (non-hydrogen) atoms. The van der Waals surface area contributed by atoms with Gasteiger partial charge in [-0.1, -0.05) is 42.5 Å². The van der Waals surface area contributed by atoms with Gasteiger partial charge in [0.05, 0.1) is 0 Å². The van der Waals surface area contributed by atoms with Gasteiger partial charge >= 0.3 is 6.09 Å². The highest BCUT2D eigenvalue weighted by Crippen LogP contribution is 2.28. The van der Waals surface area contributed by atoms with Crippen molar-refractivity contribution in [2.75, 3.05) is 13.7 Å². The third-order valence-corrected chi connectivity index (χ3v) is 4.58. The number of aliphatic imine (C=N–C) groups is 1. The Balaban J connectivity index is 1.61. The van der Waals surface area contributed by atoms with Crippen LogP contribution in [0.15, 0.2) is 59.6 Å². The van der Waals surface area contributed by atoms with Crippen LogP contribution in [-0.2, 0) is 9.53 Å². The van der Waals surface area contributed by atoms with Crippen LogP contribution >= 0.6 is 0 Å². The van der Waals surface area contributed by atoms with Crippen molar-refractivity contribution in [1.29, 1.82) is 0 Å². The Morgan fingerprint density at radius 1 is 1.15 bits per heavy atom. The van der Waals surface area contributed by atoms with Crippen molar-refractivity contribution in [1.82, 2.24) is 4.90 Å². The van der Waals surface area contributed by atoms with Gasteiger partial charge in [0.1, 0.15) is 18.5 Å². The predicted octanol–water partition coefficient (Wildman–Crippen LogP) is 4.14. The number of hydrogen-bond donors (Lipinski definition) is 0. The van der Waals surface area contributed by atoms with Gasteiger partial charge in [0.15, 0.2) is 0 Å². The molecule has 140 valence electrons. The van der Waals surface area contributed by atoms with Crippen LogP contribution in [0, 0.1) is 5.82 Å². The molecule has 0 spiro atoms. The largest absolute Gasteiger partial charge is 0.446 e. The van der Waals surface area contributed by atoms with Crippen molar-refractivity contribution >= 4 is 17.7 Å². The zero-order valence-corrected chi connectivity index (χ0v) is 15.1. The number of halogens is 1. The molecular formula is C21H21FN2O3. The molecule has 1 fully saturated rings. The summed E-state index contributed by atoms with van der Waals surface area (Å²) in [4.78, 5) is 30.1. The van der Waals surface area contributed by atoms with E-state index in [2.05, 4.69) is 4.99 Å². The Morgan fingerprint density at radius 3 is 2.52 bits per heavy atom. The minimum atomic E-state index is -0.600. The third-order valence-electron chi connectivity index (χ3n) is 4.58. The van der Waals surface area contributed by atoms with Crippen LogP contribution in [0.25, 0.3) is 0 Å². The average Bonchev–Trinajstić information content (AvgIpc) is 3.08. The monoisotopic (exact) mass is 368 g/mol. The molecule has 0 radical (unpaired) electrons. The lowest BCUT2D eigenvalue weighted by atomic mass is 10.0. The first-order chi connectivity index (χ1) is 13.1. The van der Waals surface area contributed by atoms with E-state index in [0.717, 1.165) is 16.8 Å². The van der Waals surface area contributed by atoms with Crippen LogP contribution in [0.4, 0.5) is 9.18 Å². The molecule has 0 aromatic heterocycles. The van der Waals surface area contributed by atoms with E-state index in [-0.39, 0.29) is 30.8 Å². The van der Waals surface area contributed by atoms with Gasteiger partial charge in [0.2, 0.25) is 5.91 Å². The molecule has 1 heterocycles. The maximum absolute atomic E-state index is 13.1. The summed E-state index contributed by atoms with van der Waals surface area (Å²) < 4.78 is 18.2. The fourth-order valence-electron chi connectivity index (χ4n) is 3.17. The molecule has 1 atom stereocenters. The van der Waals surface area contributed by atoms with Gasteiger partial charge < -0.3 is 4.74 Å². The highest BCUT2D eigenvalue weighted by atomic mass is 19.1. The molecule has 1 aliphatic rings. The van der Waals surface area contributed by atoms with E-state index in [9.17, 15) is 14.0 Å².